The number of benzene rings is 3. The summed E-state index contributed by atoms with van der Waals surface area (Å²) in [6.07, 6.45) is 2.53. The average molecular weight is 668 g/mol. The van der Waals surface area contributed by atoms with E-state index in [1.165, 1.54) is 0 Å². The number of aliphatic hydroxyl groups is 1. The summed E-state index contributed by atoms with van der Waals surface area (Å²) in [6, 6.07) is 23.7. The number of hydroxylamine groups is 1. The number of halogens is 2. The van der Waals surface area contributed by atoms with E-state index in [2.05, 4.69) is 10.3 Å². The number of aliphatic hydroxyl groups excluding tert-OH is 1. The van der Waals surface area contributed by atoms with Gasteiger partial charge >= 0.3 is 0 Å². The fourth-order valence-electron chi connectivity index (χ4n) is 5.36. The molecule has 0 spiro atoms. The molecule has 3 aromatic carbocycles. The number of imidazole rings is 1. The number of carbonyl (C=O) groups excluding carboxylic acids is 2. The van der Waals surface area contributed by atoms with Crippen LogP contribution in [0.1, 0.15) is 66.8 Å². The Hall–Kier alpha value is -3.77. The molecular weight excluding hydrogens is 631 g/mol. The summed E-state index contributed by atoms with van der Waals surface area (Å²) < 4.78 is 14.8. The smallest absolute Gasteiger partial charge is 0.243 e. The fraction of sp³-hybridized carbons (Fsp3) is 0.324. The number of amides is 2. The highest BCUT2D eigenvalue weighted by atomic mass is 35.5. The highest BCUT2D eigenvalue weighted by Crippen LogP contribution is 2.39. The molecule has 1 saturated heterocycles. The summed E-state index contributed by atoms with van der Waals surface area (Å²) in [5.41, 5.74) is 7.14. The molecule has 0 aliphatic carbocycles. The number of nitrogens with one attached hydrogen (secondary N) is 2. The van der Waals surface area contributed by atoms with E-state index < -0.39 is 12.2 Å². The Labute approximate surface area is 277 Å². The molecule has 5 rings (SSSR count). The molecule has 4 N–H and O–H groups in total. The van der Waals surface area contributed by atoms with Crippen molar-refractivity contribution in [1.82, 2.24) is 20.3 Å². The first-order chi connectivity index (χ1) is 22.3. The third kappa shape index (κ3) is 8.94. The Bertz CT molecular complexity index is 1630. The van der Waals surface area contributed by atoms with Crippen molar-refractivity contribution in [2.75, 3.05) is 0 Å². The molecule has 12 heteroatoms. The summed E-state index contributed by atoms with van der Waals surface area (Å²) >= 11 is 12.5. The van der Waals surface area contributed by atoms with Crippen LogP contribution in [0.4, 0.5) is 0 Å². The predicted molar refractivity (Wildman–Crippen MR) is 173 cm³/mol. The largest absolute Gasteiger partial charge is 0.392 e. The van der Waals surface area contributed by atoms with E-state index >= 15 is 0 Å². The number of ether oxygens (including phenoxy) is 2. The lowest BCUT2D eigenvalue weighted by atomic mass is 9.98. The lowest BCUT2D eigenvalue weighted by molar-refractivity contribution is -0.252. The van der Waals surface area contributed by atoms with Crippen LogP contribution in [0.2, 0.25) is 10.3 Å². The number of carbonyl (C=O) groups is 2. The molecule has 2 amide bonds. The van der Waals surface area contributed by atoms with Gasteiger partial charge in [0.15, 0.2) is 11.4 Å². The summed E-state index contributed by atoms with van der Waals surface area (Å²) in [5, 5.41) is 21.6. The van der Waals surface area contributed by atoms with Crippen molar-refractivity contribution in [3.63, 3.8) is 0 Å². The fourth-order valence-corrected chi connectivity index (χ4v) is 5.68. The third-order valence-electron chi connectivity index (χ3n) is 7.84. The Balaban J connectivity index is 1.29. The molecule has 0 radical (unpaired) electrons. The maximum Gasteiger partial charge on any atom is 0.243 e. The van der Waals surface area contributed by atoms with Gasteiger partial charge in [-0.2, -0.15) is 0 Å². The second-order valence-electron chi connectivity index (χ2n) is 11.2. The van der Waals surface area contributed by atoms with Crippen LogP contribution in [-0.4, -0.2) is 37.8 Å². The van der Waals surface area contributed by atoms with Crippen molar-refractivity contribution in [2.24, 2.45) is 0 Å². The molecule has 10 nitrogen and oxygen atoms in total. The van der Waals surface area contributed by atoms with Gasteiger partial charge in [-0.25, -0.2) is 10.5 Å². The summed E-state index contributed by atoms with van der Waals surface area (Å²) in [6.45, 7) is 0.778. The molecule has 242 valence electrons. The van der Waals surface area contributed by atoms with Crippen molar-refractivity contribution in [3.8, 4) is 11.1 Å². The molecular formula is C34H36Cl2N4O6. The Kier molecular flexibility index (Phi) is 11.8. The molecule has 2 heterocycles. The Morgan fingerprint density at radius 1 is 0.891 bits per heavy atom. The van der Waals surface area contributed by atoms with Crippen LogP contribution in [0.15, 0.2) is 79.1 Å². The standard InChI is InChI=1S/C34H36Cl2N4O6/c35-32-33(36)40(21-38-32)19-28-17-29(24-13-11-22(20-41)12-14-24)46-34(45-28)27-8-4-7-26(16-27)25-6-3-5-23(15-25)18-37-30(42)9-1-2-10-31(43)39-44/h3-8,11-16,21,28-29,34,41,44H,1-2,9-10,17-20H2,(H,37,42)(H,39,43)/t28-,29+,34+/m0/s1. The number of nitrogens with zero attached hydrogens (tertiary/aromatic N) is 2. The third-order valence-corrected chi connectivity index (χ3v) is 8.61. The first-order valence-corrected chi connectivity index (χ1v) is 15.8. The van der Waals surface area contributed by atoms with Crippen LogP contribution >= 0.6 is 23.2 Å². The van der Waals surface area contributed by atoms with Crippen LogP contribution in [0.25, 0.3) is 11.1 Å². The maximum absolute atomic E-state index is 12.3. The van der Waals surface area contributed by atoms with E-state index in [9.17, 15) is 14.7 Å². The topological polar surface area (TPSA) is 135 Å². The van der Waals surface area contributed by atoms with Gasteiger partial charge in [0.05, 0.1) is 31.7 Å². The second-order valence-corrected chi connectivity index (χ2v) is 11.9. The quantitative estimate of drug-likeness (QED) is 0.0750. The zero-order chi connectivity index (χ0) is 32.5. The molecule has 1 aromatic heterocycles. The summed E-state index contributed by atoms with van der Waals surface area (Å²) in [7, 11) is 0. The van der Waals surface area contributed by atoms with Crippen LogP contribution in [0.5, 0.6) is 0 Å². The molecule has 1 aliphatic heterocycles. The predicted octanol–water partition coefficient (Wildman–Crippen LogP) is 6.28. The Morgan fingerprint density at radius 3 is 2.30 bits per heavy atom. The van der Waals surface area contributed by atoms with E-state index in [0.717, 1.165) is 33.4 Å². The number of hydrogen-bond acceptors (Lipinski definition) is 7. The van der Waals surface area contributed by atoms with Gasteiger partial charge in [0, 0.05) is 31.4 Å². The van der Waals surface area contributed by atoms with E-state index in [0.29, 0.717) is 43.9 Å². The van der Waals surface area contributed by atoms with E-state index in [-0.39, 0.29) is 36.3 Å². The SMILES string of the molecule is O=C(CCCCC(=O)NCc1cccc(-c2cccc([C@@H]3O[C@H](Cn4cnc(Cl)c4Cl)C[C@H](c4ccc(CO)cc4)O3)c2)c1)NO. The van der Waals surface area contributed by atoms with E-state index in [4.69, 9.17) is 37.9 Å². The van der Waals surface area contributed by atoms with Crippen molar-refractivity contribution in [1.29, 1.82) is 0 Å². The van der Waals surface area contributed by atoms with Crippen molar-refractivity contribution in [2.45, 2.75) is 70.3 Å². The van der Waals surface area contributed by atoms with Crippen molar-refractivity contribution < 1.29 is 29.4 Å². The van der Waals surface area contributed by atoms with Gasteiger partial charge in [0.25, 0.3) is 0 Å². The van der Waals surface area contributed by atoms with Crippen LogP contribution in [0.3, 0.4) is 0 Å². The molecule has 0 bridgehead atoms. The molecule has 3 atom stereocenters. The summed E-state index contributed by atoms with van der Waals surface area (Å²) in [4.78, 5) is 27.5. The minimum Gasteiger partial charge on any atom is -0.392 e. The van der Waals surface area contributed by atoms with Crippen LogP contribution in [-0.2, 0) is 38.8 Å². The maximum atomic E-state index is 12.3. The average Bonchev–Trinajstić information content (AvgIpc) is 3.41. The number of hydrogen-bond donors (Lipinski definition) is 4. The monoisotopic (exact) mass is 666 g/mol. The van der Waals surface area contributed by atoms with Gasteiger partial charge in [-0.05, 0) is 52.8 Å². The van der Waals surface area contributed by atoms with Crippen LogP contribution in [0, 0.1) is 0 Å². The molecule has 0 saturated carbocycles. The van der Waals surface area contributed by atoms with E-state index in [1.807, 2.05) is 72.8 Å². The number of aromatic nitrogens is 2. The van der Waals surface area contributed by atoms with Gasteiger partial charge < -0.3 is 24.5 Å². The van der Waals surface area contributed by atoms with Gasteiger partial charge in [-0.1, -0.05) is 83.9 Å². The van der Waals surface area contributed by atoms with Gasteiger partial charge in [0.2, 0.25) is 11.8 Å². The lowest BCUT2D eigenvalue weighted by Crippen LogP contribution is -2.32. The van der Waals surface area contributed by atoms with Gasteiger partial charge in [-0.3, -0.25) is 14.8 Å². The number of rotatable bonds is 13. The first-order valence-electron chi connectivity index (χ1n) is 15.1. The van der Waals surface area contributed by atoms with Crippen molar-refractivity contribution >= 4 is 35.0 Å². The summed E-state index contributed by atoms with van der Waals surface area (Å²) in [5.74, 6) is -0.557. The second kappa shape index (κ2) is 16.2. The van der Waals surface area contributed by atoms with Gasteiger partial charge in [0.1, 0.15) is 5.15 Å². The zero-order valence-electron chi connectivity index (χ0n) is 25.1. The zero-order valence-corrected chi connectivity index (χ0v) is 26.6. The number of unbranched alkanes of at least 4 members (excludes halogenated alkanes) is 1. The molecule has 4 aromatic rings. The molecule has 0 unspecified atom stereocenters. The van der Waals surface area contributed by atoms with Crippen molar-refractivity contribution in [3.05, 3.63) is 112 Å². The molecule has 46 heavy (non-hydrogen) atoms. The lowest BCUT2D eigenvalue weighted by Gasteiger charge is -2.36. The van der Waals surface area contributed by atoms with Crippen LogP contribution < -0.4 is 10.8 Å². The Morgan fingerprint density at radius 2 is 1.61 bits per heavy atom. The minimum absolute atomic E-state index is 0.0339. The van der Waals surface area contributed by atoms with Gasteiger partial charge in [-0.15, -0.1) is 0 Å². The normalized spacial score (nSPS) is 17.9. The highest BCUT2D eigenvalue weighted by molar-refractivity contribution is 6.40. The van der Waals surface area contributed by atoms with E-state index in [1.54, 1.807) is 16.4 Å². The first kappa shape index (κ1) is 33.6. The highest BCUT2D eigenvalue weighted by Gasteiger charge is 2.33. The molecule has 1 aliphatic rings. The minimum atomic E-state index is -0.662. The molecule has 1 fully saturated rings.